The van der Waals surface area contributed by atoms with Crippen molar-refractivity contribution in [2.24, 2.45) is 0 Å². The molecule has 1 N–H and O–H groups in total. The van der Waals surface area contributed by atoms with E-state index in [2.05, 4.69) is 6.92 Å². The lowest BCUT2D eigenvalue weighted by Crippen LogP contribution is -2.10. The van der Waals surface area contributed by atoms with Gasteiger partial charge in [0.15, 0.2) is 0 Å². The van der Waals surface area contributed by atoms with Crippen molar-refractivity contribution in [2.75, 3.05) is 6.61 Å². The number of carbonyl (C=O) groups is 3. The van der Waals surface area contributed by atoms with Crippen LogP contribution in [0.25, 0.3) is 0 Å². The average Bonchev–Trinajstić information content (AvgIpc) is 2.93. The molecule has 0 spiro atoms. The zero-order chi connectivity index (χ0) is 27.2. The molecule has 7 heteroatoms. The molecule has 0 saturated carbocycles. The van der Waals surface area contributed by atoms with E-state index in [9.17, 15) is 14.4 Å². The molecule has 0 saturated heterocycles. The molecule has 7 nitrogen and oxygen atoms in total. The Labute approximate surface area is 223 Å². The molecule has 0 aliphatic heterocycles. The minimum Gasteiger partial charge on any atom is -0.494 e. The standard InChI is InChI=1S/C31H34O7/c1-2-3-4-5-6-7-8-9-22-36-26-16-12-24(13-17-26)30(34)38-28-20-14-25(15-21-28)31(35)37-27-18-10-23(11-19-27)29(32)33/h10-21H,2-9,22H2,1H3,(H,32,33). The maximum atomic E-state index is 12.5. The summed E-state index contributed by atoms with van der Waals surface area (Å²) in [7, 11) is 0. The number of carboxylic acids is 1. The zero-order valence-corrected chi connectivity index (χ0v) is 21.7. The van der Waals surface area contributed by atoms with Crippen LogP contribution in [0.5, 0.6) is 17.2 Å². The zero-order valence-electron chi connectivity index (χ0n) is 21.7. The molecule has 0 aromatic heterocycles. The van der Waals surface area contributed by atoms with E-state index < -0.39 is 17.9 Å². The summed E-state index contributed by atoms with van der Waals surface area (Å²) >= 11 is 0. The van der Waals surface area contributed by atoms with Gasteiger partial charge in [0.05, 0.1) is 23.3 Å². The lowest BCUT2D eigenvalue weighted by atomic mass is 10.1. The Kier molecular flexibility index (Phi) is 11.4. The van der Waals surface area contributed by atoms with Crippen LogP contribution in [0.2, 0.25) is 0 Å². The Hall–Kier alpha value is -4.13. The number of rotatable bonds is 15. The first-order valence-electron chi connectivity index (χ1n) is 13.1. The summed E-state index contributed by atoms with van der Waals surface area (Å²) in [5.41, 5.74) is 0.736. The van der Waals surface area contributed by atoms with Crippen molar-refractivity contribution in [3.05, 3.63) is 89.5 Å². The van der Waals surface area contributed by atoms with Crippen LogP contribution in [0.3, 0.4) is 0 Å². The number of ether oxygens (including phenoxy) is 3. The minimum absolute atomic E-state index is 0.0944. The molecule has 3 rings (SSSR count). The molecule has 0 atom stereocenters. The number of esters is 2. The van der Waals surface area contributed by atoms with Crippen LogP contribution in [0.1, 0.15) is 89.4 Å². The van der Waals surface area contributed by atoms with Crippen molar-refractivity contribution < 1.29 is 33.7 Å². The largest absolute Gasteiger partial charge is 0.494 e. The van der Waals surface area contributed by atoms with Gasteiger partial charge in [-0.1, -0.05) is 51.9 Å². The van der Waals surface area contributed by atoms with E-state index >= 15 is 0 Å². The monoisotopic (exact) mass is 518 g/mol. The molecule has 0 heterocycles. The van der Waals surface area contributed by atoms with E-state index in [4.69, 9.17) is 19.3 Å². The molecule has 0 bridgehead atoms. The van der Waals surface area contributed by atoms with Gasteiger partial charge in [-0.25, -0.2) is 14.4 Å². The van der Waals surface area contributed by atoms with E-state index in [-0.39, 0.29) is 22.6 Å². The molecular formula is C31H34O7. The van der Waals surface area contributed by atoms with E-state index in [0.717, 1.165) is 12.8 Å². The van der Waals surface area contributed by atoms with Gasteiger partial charge >= 0.3 is 17.9 Å². The second-order valence-electron chi connectivity index (χ2n) is 8.98. The highest BCUT2D eigenvalue weighted by atomic mass is 16.5. The second-order valence-corrected chi connectivity index (χ2v) is 8.98. The third kappa shape index (κ3) is 9.39. The molecule has 38 heavy (non-hydrogen) atoms. The molecule has 0 aliphatic carbocycles. The van der Waals surface area contributed by atoms with Gasteiger partial charge in [0.1, 0.15) is 17.2 Å². The van der Waals surface area contributed by atoms with Gasteiger partial charge < -0.3 is 19.3 Å². The normalized spacial score (nSPS) is 10.6. The molecule has 200 valence electrons. The maximum Gasteiger partial charge on any atom is 0.343 e. The highest BCUT2D eigenvalue weighted by Crippen LogP contribution is 2.19. The molecular weight excluding hydrogens is 484 g/mol. The number of carbonyl (C=O) groups excluding carboxylic acids is 2. The van der Waals surface area contributed by atoms with Crippen molar-refractivity contribution >= 4 is 17.9 Å². The van der Waals surface area contributed by atoms with E-state index in [1.165, 1.54) is 87.1 Å². The van der Waals surface area contributed by atoms with Crippen LogP contribution in [0.15, 0.2) is 72.8 Å². The van der Waals surface area contributed by atoms with E-state index in [0.29, 0.717) is 17.9 Å². The predicted molar refractivity (Wildman–Crippen MR) is 144 cm³/mol. The first-order valence-corrected chi connectivity index (χ1v) is 13.1. The Morgan fingerprint density at radius 2 is 0.947 bits per heavy atom. The van der Waals surface area contributed by atoms with Crippen LogP contribution in [-0.4, -0.2) is 29.6 Å². The third-order valence-electron chi connectivity index (χ3n) is 5.97. The predicted octanol–water partition coefficient (Wildman–Crippen LogP) is 7.34. The van der Waals surface area contributed by atoms with Gasteiger partial charge in [0, 0.05) is 0 Å². The number of aromatic carboxylic acids is 1. The van der Waals surface area contributed by atoms with Gasteiger partial charge in [0.2, 0.25) is 0 Å². The number of unbranched alkanes of at least 4 members (excludes halogenated alkanes) is 7. The van der Waals surface area contributed by atoms with Gasteiger partial charge in [-0.15, -0.1) is 0 Å². The van der Waals surface area contributed by atoms with Crippen LogP contribution in [0.4, 0.5) is 0 Å². The summed E-state index contributed by atoms with van der Waals surface area (Å²) in [5, 5.41) is 8.94. The molecule has 0 aliphatic rings. The SMILES string of the molecule is CCCCCCCCCCOc1ccc(C(=O)Oc2ccc(C(=O)Oc3ccc(C(=O)O)cc3)cc2)cc1. The molecule has 0 amide bonds. The fourth-order valence-corrected chi connectivity index (χ4v) is 3.77. The second kappa shape index (κ2) is 15.2. The molecule has 0 fully saturated rings. The Morgan fingerprint density at radius 3 is 1.39 bits per heavy atom. The van der Waals surface area contributed by atoms with Crippen LogP contribution in [-0.2, 0) is 0 Å². The highest BCUT2D eigenvalue weighted by Gasteiger charge is 2.12. The molecule has 3 aromatic carbocycles. The minimum atomic E-state index is -1.06. The Balaban J connectivity index is 1.40. The lowest BCUT2D eigenvalue weighted by Gasteiger charge is -2.08. The van der Waals surface area contributed by atoms with Crippen LogP contribution < -0.4 is 14.2 Å². The quantitative estimate of drug-likeness (QED) is 0.128. The molecule has 0 unspecified atom stereocenters. The van der Waals surface area contributed by atoms with Crippen molar-refractivity contribution in [1.29, 1.82) is 0 Å². The summed E-state index contributed by atoms with van der Waals surface area (Å²) in [6.45, 7) is 2.88. The molecule has 3 aromatic rings. The van der Waals surface area contributed by atoms with Crippen LogP contribution >= 0.6 is 0 Å². The molecule has 0 radical (unpaired) electrons. The third-order valence-corrected chi connectivity index (χ3v) is 5.97. The van der Waals surface area contributed by atoms with Crippen LogP contribution in [0, 0.1) is 0 Å². The summed E-state index contributed by atoms with van der Waals surface area (Å²) in [5.74, 6) is -0.980. The number of hydrogen-bond donors (Lipinski definition) is 1. The lowest BCUT2D eigenvalue weighted by molar-refractivity contribution is 0.0694. The highest BCUT2D eigenvalue weighted by molar-refractivity contribution is 5.93. The number of benzene rings is 3. The summed E-state index contributed by atoms with van der Waals surface area (Å²) in [6.07, 6.45) is 9.93. The Bertz CT molecular complexity index is 1170. The van der Waals surface area contributed by atoms with Gasteiger partial charge in [-0.05, 0) is 79.2 Å². The fourth-order valence-electron chi connectivity index (χ4n) is 3.77. The first kappa shape index (κ1) is 28.4. The number of hydrogen-bond acceptors (Lipinski definition) is 6. The van der Waals surface area contributed by atoms with Crippen molar-refractivity contribution in [2.45, 2.75) is 58.3 Å². The van der Waals surface area contributed by atoms with E-state index in [1.54, 1.807) is 24.3 Å². The van der Waals surface area contributed by atoms with Gasteiger partial charge in [-0.2, -0.15) is 0 Å². The fraction of sp³-hybridized carbons (Fsp3) is 0.323. The summed E-state index contributed by atoms with van der Waals surface area (Å²) < 4.78 is 16.4. The van der Waals surface area contributed by atoms with Crippen molar-refractivity contribution in [3.63, 3.8) is 0 Å². The van der Waals surface area contributed by atoms with Crippen molar-refractivity contribution in [1.82, 2.24) is 0 Å². The number of carboxylic acid groups (broad SMARTS) is 1. The first-order chi connectivity index (χ1) is 18.5. The van der Waals surface area contributed by atoms with E-state index in [1.807, 2.05) is 0 Å². The smallest absolute Gasteiger partial charge is 0.343 e. The van der Waals surface area contributed by atoms with Gasteiger partial charge in [-0.3, -0.25) is 0 Å². The Morgan fingerprint density at radius 1 is 0.553 bits per heavy atom. The topological polar surface area (TPSA) is 99.1 Å². The van der Waals surface area contributed by atoms with Crippen molar-refractivity contribution in [3.8, 4) is 17.2 Å². The summed E-state index contributed by atoms with van der Waals surface area (Å²) in [4.78, 5) is 35.7. The summed E-state index contributed by atoms with van der Waals surface area (Å²) in [6, 6.07) is 18.3. The average molecular weight is 519 g/mol. The van der Waals surface area contributed by atoms with Gasteiger partial charge in [0.25, 0.3) is 0 Å². The maximum absolute atomic E-state index is 12.5.